The maximum absolute atomic E-state index is 13.5. The molecule has 1 aromatic carbocycles. The third-order valence-corrected chi connectivity index (χ3v) is 6.20. The minimum Gasteiger partial charge on any atom is -0.490 e. The first-order valence-electron chi connectivity index (χ1n) is 11.1. The monoisotopic (exact) mass is 482 g/mol. The molecule has 9 heteroatoms. The van der Waals surface area contributed by atoms with E-state index in [1.807, 2.05) is 19.9 Å². The third kappa shape index (κ3) is 4.43. The number of rotatable bonds is 8. The highest BCUT2D eigenvalue weighted by Gasteiger charge is 2.34. The maximum atomic E-state index is 13.5. The molecule has 3 aromatic rings. The first-order chi connectivity index (χ1) is 16.5. The summed E-state index contributed by atoms with van der Waals surface area (Å²) < 4.78 is 24.2. The number of allylic oxidation sites excluding steroid dienone is 1. The molecule has 1 aliphatic rings. The zero-order valence-corrected chi connectivity index (χ0v) is 20.3. The number of ether oxygens (including phenoxy) is 3. The predicted molar refractivity (Wildman–Crippen MR) is 128 cm³/mol. The molecule has 3 heterocycles. The number of aromatic nitrogens is 1. The second-order valence-corrected chi connectivity index (χ2v) is 8.40. The largest absolute Gasteiger partial charge is 0.490 e. The first-order valence-corrected chi connectivity index (χ1v) is 11.9. The van der Waals surface area contributed by atoms with Crippen LogP contribution in [0.4, 0.5) is 0 Å². The van der Waals surface area contributed by atoms with Crippen molar-refractivity contribution >= 4 is 23.4 Å². The molecule has 0 N–H and O–H groups in total. The van der Waals surface area contributed by atoms with Crippen LogP contribution in [0.1, 0.15) is 45.1 Å². The minimum absolute atomic E-state index is 0.207. The number of nitrogens with zero attached hydrogens (tertiary/aromatic N) is 2. The Morgan fingerprint density at radius 1 is 1.15 bits per heavy atom. The van der Waals surface area contributed by atoms with Crippen LogP contribution in [0.3, 0.4) is 0 Å². The van der Waals surface area contributed by atoms with Gasteiger partial charge in [-0.2, -0.15) is 0 Å². The van der Waals surface area contributed by atoms with Crippen LogP contribution in [0.2, 0.25) is 0 Å². The van der Waals surface area contributed by atoms with Crippen molar-refractivity contribution in [2.75, 3.05) is 19.8 Å². The Hall–Kier alpha value is -3.59. The molecule has 0 aliphatic carbocycles. The van der Waals surface area contributed by atoms with E-state index in [9.17, 15) is 9.59 Å². The number of hydrogen-bond acceptors (Lipinski definition) is 8. The summed E-state index contributed by atoms with van der Waals surface area (Å²) in [4.78, 5) is 31.6. The number of thiazole rings is 1. The van der Waals surface area contributed by atoms with Crippen LogP contribution < -0.4 is 24.4 Å². The van der Waals surface area contributed by atoms with E-state index >= 15 is 0 Å². The van der Waals surface area contributed by atoms with Crippen LogP contribution in [0.15, 0.2) is 62.1 Å². The Kier molecular flexibility index (Phi) is 7.02. The number of carbonyl (C=O) groups excluding carboxylic acids is 1. The van der Waals surface area contributed by atoms with Gasteiger partial charge in [0.1, 0.15) is 5.76 Å². The van der Waals surface area contributed by atoms with Crippen LogP contribution in [-0.4, -0.2) is 30.4 Å². The molecule has 1 atom stereocenters. The molecule has 0 radical (unpaired) electrons. The van der Waals surface area contributed by atoms with Gasteiger partial charge in [0.15, 0.2) is 16.3 Å². The molecular formula is C25H26N2O6S. The van der Waals surface area contributed by atoms with Gasteiger partial charge in [-0.15, -0.1) is 0 Å². The van der Waals surface area contributed by atoms with E-state index < -0.39 is 12.0 Å². The molecule has 178 valence electrons. The summed E-state index contributed by atoms with van der Waals surface area (Å²) in [7, 11) is 0. The van der Waals surface area contributed by atoms with Crippen LogP contribution in [0.5, 0.6) is 11.5 Å². The summed E-state index contributed by atoms with van der Waals surface area (Å²) in [6, 6.07) is 8.22. The van der Waals surface area contributed by atoms with Crippen LogP contribution in [-0.2, 0) is 9.53 Å². The van der Waals surface area contributed by atoms with E-state index in [-0.39, 0.29) is 12.2 Å². The van der Waals surface area contributed by atoms with Gasteiger partial charge in [-0.1, -0.05) is 17.4 Å². The molecule has 0 amide bonds. The molecule has 4 rings (SSSR count). The van der Waals surface area contributed by atoms with E-state index in [4.69, 9.17) is 18.6 Å². The average Bonchev–Trinajstić information content (AvgIpc) is 3.43. The summed E-state index contributed by atoms with van der Waals surface area (Å²) in [5.74, 6) is 1.18. The Bertz CT molecular complexity index is 1400. The molecular weight excluding hydrogens is 456 g/mol. The van der Waals surface area contributed by atoms with Crippen molar-refractivity contribution in [2.45, 2.75) is 33.7 Å². The van der Waals surface area contributed by atoms with E-state index in [0.717, 1.165) is 0 Å². The maximum Gasteiger partial charge on any atom is 0.338 e. The molecule has 0 bridgehead atoms. The van der Waals surface area contributed by atoms with Crippen molar-refractivity contribution in [3.05, 3.63) is 78.9 Å². The lowest BCUT2D eigenvalue weighted by molar-refractivity contribution is -0.139. The van der Waals surface area contributed by atoms with Gasteiger partial charge in [-0.05, 0) is 57.5 Å². The summed E-state index contributed by atoms with van der Waals surface area (Å²) >= 11 is 1.24. The highest BCUT2D eigenvalue weighted by molar-refractivity contribution is 7.07. The lowest BCUT2D eigenvalue weighted by atomic mass is 9.95. The van der Waals surface area contributed by atoms with Crippen molar-refractivity contribution in [3.8, 4) is 11.5 Å². The van der Waals surface area contributed by atoms with E-state index in [1.54, 1.807) is 50.5 Å². The highest BCUT2D eigenvalue weighted by atomic mass is 32.1. The average molecular weight is 483 g/mol. The van der Waals surface area contributed by atoms with Gasteiger partial charge in [-0.3, -0.25) is 9.36 Å². The van der Waals surface area contributed by atoms with Gasteiger partial charge >= 0.3 is 5.97 Å². The molecule has 34 heavy (non-hydrogen) atoms. The Morgan fingerprint density at radius 3 is 2.59 bits per heavy atom. The fourth-order valence-corrected chi connectivity index (χ4v) is 4.87. The molecule has 0 saturated heterocycles. The zero-order valence-electron chi connectivity index (χ0n) is 19.5. The SMILES string of the molecule is CCOC(=O)C1=C(C)N=c2s/c(=C\c3ccco3)c(=O)n2[C@@H]1c1ccc(OCC)c(OCC)c1. The number of fused-ring (bicyclic) bond motifs is 1. The molecule has 2 aromatic heterocycles. The number of carbonyl (C=O) groups is 1. The van der Waals surface area contributed by atoms with Gasteiger partial charge in [0.2, 0.25) is 0 Å². The Balaban J connectivity index is 1.95. The van der Waals surface area contributed by atoms with Crippen LogP contribution >= 0.6 is 11.3 Å². The summed E-state index contributed by atoms with van der Waals surface area (Å²) in [6.45, 7) is 8.40. The zero-order chi connectivity index (χ0) is 24.2. The Morgan fingerprint density at radius 2 is 1.91 bits per heavy atom. The summed E-state index contributed by atoms with van der Waals surface area (Å²) in [5.41, 5.74) is 1.23. The van der Waals surface area contributed by atoms with Crippen LogP contribution in [0, 0.1) is 0 Å². The fraction of sp³-hybridized carbons (Fsp3) is 0.320. The van der Waals surface area contributed by atoms with Crippen molar-refractivity contribution in [3.63, 3.8) is 0 Å². The number of benzene rings is 1. The molecule has 0 fully saturated rings. The lowest BCUT2D eigenvalue weighted by Crippen LogP contribution is -2.40. The van der Waals surface area contributed by atoms with Gasteiger partial charge in [-0.25, -0.2) is 9.79 Å². The number of hydrogen-bond donors (Lipinski definition) is 0. The van der Waals surface area contributed by atoms with Crippen LogP contribution in [0.25, 0.3) is 6.08 Å². The quantitative estimate of drug-likeness (QED) is 0.458. The molecule has 8 nitrogen and oxygen atoms in total. The van der Waals surface area contributed by atoms with Crippen molar-refractivity contribution in [1.82, 2.24) is 4.57 Å². The van der Waals surface area contributed by atoms with Crippen molar-refractivity contribution < 1.29 is 23.4 Å². The fourth-order valence-electron chi connectivity index (χ4n) is 3.85. The van der Waals surface area contributed by atoms with E-state index in [2.05, 4.69) is 4.99 Å². The highest BCUT2D eigenvalue weighted by Crippen LogP contribution is 2.36. The first kappa shape index (κ1) is 23.6. The van der Waals surface area contributed by atoms with Gasteiger partial charge < -0.3 is 18.6 Å². The molecule has 0 saturated carbocycles. The lowest BCUT2D eigenvalue weighted by Gasteiger charge is -2.25. The molecule has 1 aliphatic heterocycles. The smallest absolute Gasteiger partial charge is 0.338 e. The van der Waals surface area contributed by atoms with E-state index in [1.165, 1.54) is 15.9 Å². The van der Waals surface area contributed by atoms with Gasteiger partial charge in [0, 0.05) is 6.08 Å². The van der Waals surface area contributed by atoms with E-state index in [0.29, 0.717) is 56.6 Å². The second kappa shape index (κ2) is 10.1. The minimum atomic E-state index is -0.732. The number of furan rings is 1. The molecule has 0 unspecified atom stereocenters. The van der Waals surface area contributed by atoms with Crippen molar-refractivity contribution in [2.24, 2.45) is 4.99 Å². The van der Waals surface area contributed by atoms with Crippen molar-refractivity contribution in [1.29, 1.82) is 0 Å². The second-order valence-electron chi connectivity index (χ2n) is 7.39. The predicted octanol–water partition coefficient (Wildman–Crippen LogP) is 3.19. The van der Waals surface area contributed by atoms with Gasteiger partial charge in [0.05, 0.1) is 47.9 Å². The van der Waals surface area contributed by atoms with Gasteiger partial charge in [0.25, 0.3) is 5.56 Å². The molecule has 0 spiro atoms. The topological polar surface area (TPSA) is 92.3 Å². The Labute approximate surface area is 200 Å². The normalized spacial score (nSPS) is 15.6. The summed E-state index contributed by atoms with van der Waals surface area (Å²) in [5, 5.41) is 0. The third-order valence-electron chi connectivity index (χ3n) is 5.22. The number of esters is 1. The standard InChI is InChI=1S/C25H26N2O6S/c1-5-30-18-11-10-16(13-19(18)31-6-2)22-21(24(29)32-7-3)15(4)26-25-27(22)23(28)20(34-25)14-17-9-8-12-33-17/h8-14,22H,5-7H2,1-4H3/b20-14-/t22-/m1/s1. The summed E-state index contributed by atoms with van der Waals surface area (Å²) in [6.07, 6.45) is 3.22.